The fourth-order valence-electron chi connectivity index (χ4n) is 6.24. The van der Waals surface area contributed by atoms with E-state index in [2.05, 4.69) is 6.92 Å². The number of rotatable bonds is 3. The van der Waals surface area contributed by atoms with Crippen LogP contribution < -0.4 is 0 Å². The summed E-state index contributed by atoms with van der Waals surface area (Å²) in [4.78, 5) is 0. The summed E-state index contributed by atoms with van der Waals surface area (Å²) in [6.45, 7) is 2.46. The lowest BCUT2D eigenvalue weighted by Gasteiger charge is -2.62. The number of hydrogen-bond donors (Lipinski definition) is 0. The van der Waals surface area contributed by atoms with E-state index in [1.54, 1.807) is 12.1 Å². The maximum absolute atomic E-state index is 13.9. The van der Waals surface area contributed by atoms with Crippen LogP contribution in [-0.2, 0) is 6.42 Å². The first-order valence-electron chi connectivity index (χ1n) is 8.36. The van der Waals surface area contributed by atoms with E-state index in [1.807, 2.05) is 12.1 Å². The molecule has 0 heterocycles. The first-order valence-corrected chi connectivity index (χ1v) is 8.79. The summed E-state index contributed by atoms with van der Waals surface area (Å²) in [5, 5.41) is 0.0830. The fraction of sp³-hybridized carbons (Fsp3) is 0.684. The summed E-state index contributed by atoms with van der Waals surface area (Å²) in [6, 6.07) is 7.13. The van der Waals surface area contributed by atoms with Gasteiger partial charge in [-0.2, -0.15) is 0 Å². The van der Waals surface area contributed by atoms with Gasteiger partial charge in [-0.15, -0.1) is 11.6 Å². The summed E-state index contributed by atoms with van der Waals surface area (Å²) < 4.78 is 13.9. The minimum atomic E-state index is -0.0981. The molecule has 0 aliphatic heterocycles. The van der Waals surface area contributed by atoms with Crippen molar-refractivity contribution in [3.63, 3.8) is 0 Å². The van der Waals surface area contributed by atoms with Crippen LogP contribution >= 0.6 is 11.6 Å². The molecule has 4 aliphatic carbocycles. The van der Waals surface area contributed by atoms with Crippen LogP contribution in [0.2, 0.25) is 0 Å². The van der Waals surface area contributed by atoms with Gasteiger partial charge in [-0.25, -0.2) is 4.39 Å². The van der Waals surface area contributed by atoms with Crippen LogP contribution in [0.25, 0.3) is 0 Å². The summed E-state index contributed by atoms with van der Waals surface area (Å²) in [6.07, 6.45) is 8.71. The van der Waals surface area contributed by atoms with E-state index in [4.69, 9.17) is 11.6 Å². The van der Waals surface area contributed by atoms with Crippen LogP contribution in [0.3, 0.4) is 0 Å². The molecule has 114 valence electrons. The van der Waals surface area contributed by atoms with Gasteiger partial charge < -0.3 is 0 Å². The normalized spacial score (nSPS) is 42.2. The maximum atomic E-state index is 13.9. The van der Waals surface area contributed by atoms with Gasteiger partial charge in [0.05, 0.1) is 0 Å². The molecule has 4 bridgehead atoms. The smallest absolute Gasteiger partial charge is 0.126 e. The van der Waals surface area contributed by atoms with Crippen molar-refractivity contribution in [1.29, 1.82) is 0 Å². The average molecular weight is 307 g/mol. The highest BCUT2D eigenvalue weighted by molar-refractivity contribution is 6.21. The second-order valence-electron chi connectivity index (χ2n) is 8.40. The van der Waals surface area contributed by atoms with Gasteiger partial charge in [0.1, 0.15) is 5.82 Å². The number of benzene rings is 1. The average Bonchev–Trinajstić information content (AvgIpc) is 2.38. The van der Waals surface area contributed by atoms with Gasteiger partial charge in [-0.1, -0.05) is 25.1 Å². The molecule has 0 aromatic heterocycles. The predicted molar refractivity (Wildman–Crippen MR) is 85.0 cm³/mol. The highest BCUT2D eigenvalue weighted by Gasteiger charge is 2.57. The van der Waals surface area contributed by atoms with Crippen molar-refractivity contribution in [2.45, 2.75) is 57.2 Å². The Morgan fingerprint density at radius 1 is 1.19 bits per heavy atom. The Bertz CT molecular complexity index is 538. The number of hydrogen-bond acceptors (Lipinski definition) is 0. The molecular weight excluding hydrogens is 283 g/mol. The lowest BCUT2D eigenvalue weighted by Crippen LogP contribution is -2.54. The second kappa shape index (κ2) is 4.72. The van der Waals surface area contributed by atoms with Crippen molar-refractivity contribution in [2.75, 3.05) is 0 Å². The molecule has 21 heavy (non-hydrogen) atoms. The van der Waals surface area contributed by atoms with Crippen LogP contribution in [0.4, 0.5) is 4.39 Å². The van der Waals surface area contributed by atoms with Crippen LogP contribution in [0.15, 0.2) is 24.3 Å². The van der Waals surface area contributed by atoms with Crippen molar-refractivity contribution in [3.8, 4) is 0 Å². The van der Waals surface area contributed by atoms with Crippen LogP contribution in [0, 0.1) is 28.5 Å². The monoisotopic (exact) mass is 306 g/mol. The molecule has 1 aromatic carbocycles. The molecule has 0 radical (unpaired) electrons. The topological polar surface area (TPSA) is 0 Å². The van der Waals surface area contributed by atoms with Gasteiger partial charge in [-0.3, -0.25) is 0 Å². The summed E-state index contributed by atoms with van der Waals surface area (Å²) >= 11 is 6.90. The van der Waals surface area contributed by atoms with E-state index < -0.39 is 0 Å². The first kappa shape index (κ1) is 14.1. The molecule has 0 N–H and O–H groups in total. The zero-order valence-electron chi connectivity index (χ0n) is 12.7. The van der Waals surface area contributed by atoms with Crippen molar-refractivity contribution >= 4 is 11.6 Å². The lowest BCUT2D eigenvalue weighted by atomic mass is 9.44. The Hall–Kier alpha value is -0.560. The number of alkyl halides is 1. The molecular formula is C19H24ClF. The van der Waals surface area contributed by atoms with E-state index in [9.17, 15) is 4.39 Å². The zero-order chi connectivity index (χ0) is 14.7. The molecule has 3 atom stereocenters. The molecule has 0 amide bonds. The highest BCUT2D eigenvalue weighted by atomic mass is 35.5. The summed E-state index contributed by atoms with van der Waals surface area (Å²) in [7, 11) is 0. The van der Waals surface area contributed by atoms with Gasteiger partial charge in [-0.05, 0) is 79.2 Å². The van der Waals surface area contributed by atoms with Crippen LogP contribution in [0.5, 0.6) is 0 Å². The van der Waals surface area contributed by atoms with Gasteiger partial charge in [0.15, 0.2) is 0 Å². The molecule has 5 rings (SSSR count). The highest BCUT2D eigenvalue weighted by Crippen LogP contribution is 2.67. The fourth-order valence-corrected chi connectivity index (χ4v) is 6.66. The Labute approximate surface area is 132 Å². The third-order valence-electron chi connectivity index (χ3n) is 6.42. The summed E-state index contributed by atoms with van der Waals surface area (Å²) in [5.74, 6) is 1.65. The molecule has 0 nitrogen and oxygen atoms in total. The third-order valence-corrected chi connectivity index (χ3v) is 7.04. The van der Waals surface area contributed by atoms with Crippen molar-refractivity contribution < 1.29 is 4.39 Å². The van der Waals surface area contributed by atoms with Gasteiger partial charge in [0.25, 0.3) is 0 Å². The Morgan fingerprint density at radius 3 is 2.48 bits per heavy atom. The Kier molecular flexibility index (Phi) is 3.16. The van der Waals surface area contributed by atoms with Crippen LogP contribution in [-0.4, -0.2) is 5.38 Å². The van der Waals surface area contributed by atoms with Gasteiger partial charge >= 0.3 is 0 Å². The van der Waals surface area contributed by atoms with E-state index in [0.717, 1.165) is 17.4 Å². The number of halogens is 2. The lowest BCUT2D eigenvalue weighted by molar-refractivity contribution is -0.103. The third kappa shape index (κ3) is 2.32. The molecule has 4 fully saturated rings. The molecule has 1 aromatic rings. The van der Waals surface area contributed by atoms with Crippen LogP contribution in [0.1, 0.15) is 51.0 Å². The minimum Gasteiger partial charge on any atom is -0.207 e. The molecule has 0 saturated heterocycles. The standard InChI is InChI=1S/C19H24ClF/c1-18-8-13-6-14(9-18)11-19(10-13,12-18)17(20)7-15-4-2-3-5-16(15)21/h2-5,13-14,17H,6-12H2,1H3. The Balaban J connectivity index is 1.59. The molecule has 0 spiro atoms. The Morgan fingerprint density at radius 2 is 1.86 bits per heavy atom. The van der Waals surface area contributed by atoms with E-state index in [1.165, 1.54) is 38.5 Å². The molecule has 2 heteroatoms. The zero-order valence-corrected chi connectivity index (χ0v) is 13.5. The van der Waals surface area contributed by atoms with E-state index in [0.29, 0.717) is 11.8 Å². The van der Waals surface area contributed by atoms with Crippen molar-refractivity contribution in [2.24, 2.45) is 22.7 Å². The largest absolute Gasteiger partial charge is 0.207 e. The maximum Gasteiger partial charge on any atom is 0.126 e. The van der Waals surface area contributed by atoms with E-state index >= 15 is 0 Å². The van der Waals surface area contributed by atoms with E-state index in [-0.39, 0.29) is 16.6 Å². The second-order valence-corrected chi connectivity index (χ2v) is 8.92. The molecule has 4 saturated carbocycles. The molecule has 4 aliphatic rings. The quantitative estimate of drug-likeness (QED) is 0.639. The SMILES string of the molecule is CC12CC3CC(C1)CC(C(Cl)Cc1ccccc1F)(C3)C2. The summed E-state index contributed by atoms with van der Waals surface area (Å²) in [5.41, 5.74) is 1.56. The first-order chi connectivity index (χ1) is 9.98. The van der Waals surface area contributed by atoms with Gasteiger partial charge in [0.2, 0.25) is 0 Å². The predicted octanol–water partition coefficient (Wildman–Crippen LogP) is 5.58. The molecule has 3 unspecified atom stereocenters. The minimum absolute atomic E-state index is 0.0830. The van der Waals surface area contributed by atoms with Gasteiger partial charge in [0, 0.05) is 5.38 Å². The van der Waals surface area contributed by atoms with Crippen molar-refractivity contribution in [3.05, 3.63) is 35.6 Å². The van der Waals surface area contributed by atoms with Crippen molar-refractivity contribution in [1.82, 2.24) is 0 Å².